The van der Waals surface area contributed by atoms with Gasteiger partial charge in [-0.1, -0.05) is 12.1 Å². The van der Waals surface area contributed by atoms with Gasteiger partial charge in [0.05, 0.1) is 10.9 Å². The van der Waals surface area contributed by atoms with Crippen LogP contribution >= 0.6 is 0 Å². The topological polar surface area (TPSA) is 44.1 Å². The molecular weight excluding hydrogens is 333 g/mol. The summed E-state index contributed by atoms with van der Waals surface area (Å²) in [6.45, 7) is 1.85. The van der Waals surface area contributed by atoms with Gasteiger partial charge in [-0.25, -0.2) is 4.98 Å². The second-order valence-corrected chi connectivity index (χ2v) is 6.05. The molecule has 25 heavy (non-hydrogen) atoms. The maximum Gasteiger partial charge on any atom is 0.573 e. The number of benzene rings is 2. The summed E-state index contributed by atoms with van der Waals surface area (Å²) in [6.07, 6.45) is -4.31. The van der Waals surface area contributed by atoms with E-state index in [1.807, 2.05) is 6.92 Å². The predicted octanol–water partition coefficient (Wildman–Crippen LogP) is 4.08. The molecule has 3 aromatic rings. The molecule has 1 aliphatic rings. The number of hydrogen-bond acceptors (Lipinski definition) is 3. The zero-order chi connectivity index (χ0) is 17.8. The number of para-hydroxylation sites is 1. The number of aromatic nitrogens is 2. The van der Waals surface area contributed by atoms with Crippen molar-refractivity contribution in [3.8, 4) is 17.1 Å². The Morgan fingerprint density at radius 3 is 2.72 bits per heavy atom. The molecule has 0 spiro atoms. The standard InChI is InChI=1S/C18H13F3N2O2/c1-10-8-11-9-12(25-18(19,20)21)6-7-13(11)16-22-15-5-3-2-4-14(15)17(24)23(10)16/h2-7,9-10H,8H2,1H3. The predicted molar refractivity (Wildman–Crippen MR) is 86.5 cm³/mol. The Bertz CT molecular complexity index is 1040. The summed E-state index contributed by atoms with van der Waals surface area (Å²) in [7, 11) is 0. The van der Waals surface area contributed by atoms with Crippen LogP contribution in [-0.4, -0.2) is 15.9 Å². The van der Waals surface area contributed by atoms with Crippen LogP contribution in [0.2, 0.25) is 0 Å². The van der Waals surface area contributed by atoms with Crippen molar-refractivity contribution in [2.75, 3.05) is 0 Å². The summed E-state index contributed by atoms with van der Waals surface area (Å²) in [5.41, 5.74) is 1.75. The van der Waals surface area contributed by atoms with Crippen molar-refractivity contribution >= 4 is 10.9 Å². The van der Waals surface area contributed by atoms with Crippen LogP contribution in [-0.2, 0) is 6.42 Å². The first kappa shape index (κ1) is 15.7. The van der Waals surface area contributed by atoms with Crippen molar-refractivity contribution in [2.24, 2.45) is 0 Å². The minimum Gasteiger partial charge on any atom is -0.406 e. The van der Waals surface area contributed by atoms with E-state index >= 15 is 0 Å². The average molecular weight is 346 g/mol. The molecule has 1 aromatic heterocycles. The molecule has 2 aromatic carbocycles. The third-order valence-corrected chi connectivity index (χ3v) is 4.32. The number of nitrogens with zero attached hydrogens (tertiary/aromatic N) is 2. The van der Waals surface area contributed by atoms with Gasteiger partial charge in [0.2, 0.25) is 0 Å². The molecule has 4 rings (SSSR count). The first-order valence-corrected chi connectivity index (χ1v) is 7.74. The van der Waals surface area contributed by atoms with Crippen molar-refractivity contribution in [3.63, 3.8) is 0 Å². The Balaban J connectivity index is 1.92. The van der Waals surface area contributed by atoms with Gasteiger partial charge in [0.15, 0.2) is 0 Å². The van der Waals surface area contributed by atoms with E-state index in [9.17, 15) is 18.0 Å². The summed E-state index contributed by atoms with van der Waals surface area (Å²) < 4.78 is 42.9. The molecule has 1 unspecified atom stereocenters. The lowest BCUT2D eigenvalue weighted by atomic mass is 9.95. The molecule has 0 bridgehead atoms. The van der Waals surface area contributed by atoms with E-state index in [0.29, 0.717) is 34.3 Å². The monoisotopic (exact) mass is 346 g/mol. The molecule has 0 aliphatic carbocycles. The fraction of sp³-hybridized carbons (Fsp3) is 0.222. The smallest absolute Gasteiger partial charge is 0.406 e. The van der Waals surface area contributed by atoms with Gasteiger partial charge < -0.3 is 4.74 Å². The average Bonchev–Trinajstić information content (AvgIpc) is 2.53. The molecule has 0 saturated carbocycles. The van der Waals surface area contributed by atoms with E-state index in [-0.39, 0.29) is 17.4 Å². The zero-order valence-corrected chi connectivity index (χ0v) is 13.2. The van der Waals surface area contributed by atoms with Crippen LogP contribution in [0.4, 0.5) is 13.2 Å². The second-order valence-electron chi connectivity index (χ2n) is 6.05. The van der Waals surface area contributed by atoms with Crippen LogP contribution in [0.1, 0.15) is 18.5 Å². The highest BCUT2D eigenvalue weighted by molar-refractivity contribution is 5.80. The molecule has 2 heterocycles. The number of alkyl halides is 3. The highest BCUT2D eigenvalue weighted by Gasteiger charge is 2.32. The summed E-state index contributed by atoms with van der Waals surface area (Å²) in [5, 5.41) is 0.526. The maximum atomic E-state index is 12.8. The molecule has 1 atom stereocenters. The number of fused-ring (bicyclic) bond motifs is 4. The zero-order valence-electron chi connectivity index (χ0n) is 13.2. The van der Waals surface area contributed by atoms with Gasteiger partial charge in [-0.3, -0.25) is 9.36 Å². The summed E-state index contributed by atoms with van der Waals surface area (Å²) in [6, 6.07) is 11.0. The molecular formula is C18H13F3N2O2. The molecule has 1 aliphatic heterocycles. The minimum atomic E-state index is -4.74. The van der Waals surface area contributed by atoms with Gasteiger partial charge >= 0.3 is 6.36 Å². The summed E-state index contributed by atoms with van der Waals surface area (Å²) >= 11 is 0. The molecule has 128 valence electrons. The fourth-order valence-electron chi connectivity index (χ4n) is 3.31. The molecule has 0 N–H and O–H groups in total. The summed E-state index contributed by atoms with van der Waals surface area (Å²) in [5.74, 6) is 0.200. The Labute approximate surface area is 140 Å². The van der Waals surface area contributed by atoms with Crippen LogP contribution in [0, 0.1) is 0 Å². The highest BCUT2D eigenvalue weighted by atomic mass is 19.4. The highest BCUT2D eigenvalue weighted by Crippen LogP contribution is 2.36. The lowest BCUT2D eigenvalue weighted by Crippen LogP contribution is -2.30. The number of ether oxygens (including phenoxy) is 1. The molecule has 0 fully saturated rings. The van der Waals surface area contributed by atoms with Crippen LogP contribution in [0.5, 0.6) is 5.75 Å². The first-order chi connectivity index (χ1) is 11.8. The third kappa shape index (κ3) is 2.65. The van der Waals surface area contributed by atoms with Crippen molar-refractivity contribution < 1.29 is 17.9 Å². The summed E-state index contributed by atoms with van der Waals surface area (Å²) in [4.78, 5) is 17.4. The Morgan fingerprint density at radius 1 is 1.20 bits per heavy atom. The van der Waals surface area contributed by atoms with Crippen molar-refractivity contribution in [2.45, 2.75) is 25.7 Å². The Hall–Kier alpha value is -2.83. The van der Waals surface area contributed by atoms with E-state index in [1.54, 1.807) is 28.8 Å². The van der Waals surface area contributed by atoms with Gasteiger partial charge in [0, 0.05) is 11.6 Å². The van der Waals surface area contributed by atoms with Crippen LogP contribution < -0.4 is 10.3 Å². The van der Waals surface area contributed by atoms with E-state index in [4.69, 9.17) is 0 Å². The molecule has 4 nitrogen and oxygen atoms in total. The van der Waals surface area contributed by atoms with E-state index < -0.39 is 6.36 Å². The Kier molecular flexibility index (Phi) is 3.35. The molecule has 0 saturated heterocycles. The number of rotatable bonds is 1. The fourth-order valence-corrected chi connectivity index (χ4v) is 3.31. The number of hydrogen-bond donors (Lipinski definition) is 0. The second kappa shape index (κ2) is 5.34. The van der Waals surface area contributed by atoms with Crippen molar-refractivity contribution in [1.82, 2.24) is 9.55 Å². The van der Waals surface area contributed by atoms with Gasteiger partial charge in [-0.2, -0.15) is 0 Å². The largest absolute Gasteiger partial charge is 0.573 e. The van der Waals surface area contributed by atoms with Crippen LogP contribution in [0.15, 0.2) is 47.3 Å². The SMILES string of the molecule is CC1Cc2cc(OC(F)(F)F)ccc2-c2nc3ccccc3c(=O)n21. The van der Waals surface area contributed by atoms with Gasteiger partial charge in [0.25, 0.3) is 5.56 Å². The first-order valence-electron chi connectivity index (χ1n) is 7.74. The molecule has 0 amide bonds. The molecule has 0 radical (unpaired) electrons. The van der Waals surface area contributed by atoms with Gasteiger partial charge in [0.1, 0.15) is 11.6 Å². The normalized spacial score (nSPS) is 16.4. The lowest BCUT2D eigenvalue weighted by Gasteiger charge is -2.27. The lowest BCUT2D eigenvalue weighted by molar-refractivity contribution is -0.274. The maximum absolute atomic E-state index is 12.8. The van der Waals surface area contributed by atoms with E-state index in [2.05, 4.69) is 9.72 Å². The van der Waals surface area contributed by atoms with Crippen LogP contribution in [0.3, 0.4) is 0 Å². The van der Waals surface area contributed by atoms with E-state index in [1.165, 1.54) is 18.2 Å². The van der Waals surface area contributed by atoms with Crippen molar-refractivity contribution in [3.05, 3.63) is 58.4 Å². The van der Waals surface area contributed by atoms with Gasteiger partial charge in [-0.15, -0.1) is 13.2 Å². The molecule has 7 heteroatoms. The Morgan fingerprint density at radius 2 is 1.96 bits per heavy atom. The van der Waals surface area contributed by atoms with Crippen LogP contribution in [0.25, 0.3) is 22.3 Å². The quantitative estimate of drug-likeness (QED) is 0.667. The minimum absolute atomic E-state index is 0.144. The van der Waals surface area contributed by atoms with E-state index in [0.717, 1.165) is 0 Å². The third-order valence-electron chi connectivity index (χ3n) is 4.32. The number of halogens is 3. The van der Waals surface area contributed by atoms with Crippen molar-refractivity contribution in [1.29, 1.82) is 0 Å². The van der Waals surface area contributed by atoms with Gasteiger partial charge in [-0.05, 0) is 49.2 Å².